The van der Waals surface area contributed by atoms with Crippen molar-refractivity contribution < 1.29 is 19.3 Å². The van der Waals surface area contributed by atoms with E-state index in [4.69, 9.17) is 14.2 Å². The highest BCUT2D eigenvalue weighted by molar-refractivity contribution is 5.81. The van der Waals surface area contributed by atoms with E-state index < -0.39 is 0 Å². The summed E-state index contributed by atoms with van der Waals surface area (Å²) < 4.78 is 15.8. The summed E-state index contributed by atoms with van der Waals surface area (Å²) in [6.45, 7) is 2.33. The highest BCUT2D eigenvalue weighted by Gasteiger charge is 2.22. The van der Waals surface area contributed by atoms with E-state index >= 15 is 0 Å². The molecular formula is C24H24N6O4. The highest BCUT2D eigenvalue weighted by Crippen LogP contribution is 2.31. The van der Waals surface area contributed by atoms with Gasteiger partial charge in [0.2, 0.25) is 5.95 Å². The van der Waals surface area contributed by atoms with Gasteiger partial charge in [-0.05, 0) is 48.0 Å². The van der Waals surface area contributed by atoms with Gasteiger partial charge in [-0.15, -0.1) is 0 Å². The molecule has 0 radical (unpaired) electrons. The summed E-state index contributed by atoms with van der Waals surface area (Å²) in [5, 5.41) is 24.0. The van der Waals surface area contributed by atoms with Gasteiger partial charge in [0.25, 0.3) is 0 Å². The van der Waals surface area contributed by atoms with E-state index in [1.165, 1.54) is 13.2 Å². The Bertz CT molecular complexity index is 1220. The Balaban J connectivity index is 1.70. The molecule has 4 rings (SSSR count). The second-order valence-corrected chi connectivity index (χ2v) is 7.34. The van der Waals surface area contributed by atoms with Gasteiger partial charge in [-0.3, -0.25) is 0 Å². The standard InChI is InChI=1S/C24H24N6O4/c1-32-18-6-4-17(5-7-18)22-19(14-25)23(30-9-11-34-12-10-30)28-24(27-22)29-26-15-16-3-8-20(31)21(13-16)33-2/h3-8,13,15,31H,9-12H2,1-2H3,(H,27,28,29)/b26-15+. The van der Waals surface area contributed by atoms with Gasteiger partial charge < -0.3 is 24.2 Å². The number of hydrogen-bond acceptors (Lipinski definition) is 10. The molecule has 2 heterocycles. The first-order chi connectivity index (χ1) is 16.6. The van der Waals surface area contributed by atoms with Crippen LogP contribution in [-0.4, -0.2) is 61.8 Å². The number of anilines is 2. The average Bonchev–Trinajstić information content (AvgIpc) is 2.89. The van der Waals surface area contributed by atoms with Crippen LogP contribution >= 0.6 is 0 Å². The number of aromatic nitrogens is 2. The van der Waals surface area contributed by atoms with E-state index in [1.807, 2.05) is 29.2 Å². The molecule has 0 spiro atoms. The van der Waals surface area contributed by atoms with Gasteiger partial charge >= 0.3 is 0 Å². The zero-order chi connectivity index (χ0) is 23.9. The van der Waals surface area contributed by atoms with Crippen molar-refractivity contribution in [3.05, 3.63) is 53.6 Å². The fraction of sp³-hybridized carbons (Fsp3) is 0.250. The maximum atomic E-state index is 9.98. The lowest BCUT2D eigenvalue weighted by molar-refractivity contribution is 0.122. The molecule has 10 heteroatoms. The monoisotopic (exact) mass is 460 g/mol. The topological polar surface area (TPSA) is 125 Å². The average molecular weight is 460 g/mol. The van der Waals surface area contributed by atoms with Crippen molar-refractivity contribution in [3.63, 3.8) is 0 Å². The van der Waals surface area contributed by atoms with Gasteiger partial charge in [-0.25, -0.2) is 10.4 Å². The summed E-state index contributed by atoms with van der Waals surface area (Å²) in [5.41, 5.74) is 5.19. The summed E-state index contributed by atoms with van der Waals surface area (Å²) in [6, 6.07) is 14.5. The van der Waals surface area contributed by atoms with Crippen molar-refractivity contribution in [2.24, 2.45) is 5.10 Å². The molecule has 3 aromatic rings. The van der Waals surface area contributed by atoms with Crippen LogP contribution in [0.5, 0.6) is 17.2 Å². The number of nitrogens with zero attached hydrogens (tertiary/aromatic N) is 5. The van der Waals surface area contributed by atoms with Crippen LogP contribution in [0.4, 0.5) is 11.8 Å². The van der Waals surface area contributed by atoms with Crippen molar-refractivity contribution in [2.45, 2.75) is 0 Å². The normalized spacial score (nSPS) is 13.5. The third-order valence-electron chi connectivity index (χ3n) is 5.26. The fourth-order valence-corrected chi connectivity index (χ4v) is 3.50. The van der Waals surface area contributed by atoms with Crippen molar-refractivity contribution in [1.82, 2.24) is 9.97 Å². The third-order valence-corrected chi connectivity index (χ3v) is 5.26. The second kappa shape index (κ2) is 10.5. The molecule has 0 amide bonds. The predicted molar refractivity (Wildman–Crippen MR) is 128 cm³/mol. The molecule has 0 saturated carbocycles. The highest BCUT2D eigenvalue weighted by atomic mass is 16.5. The molecule has 10 nitrogen and oxygen atoms in total. The zero-order valence-electron chi connectivity index (χ0n) is 18.9. The van der Waals surface area contributed by atoms with Gasteiger partial charge in [-0.2, -0.15) is 15.3 Å². The SMILES string of the molecule is COc1ccc(-c2nc(N/N=C/c3ccc(O)c(OC)c3)nc(N3CCOCC3)c2C#N)cc1. The van der Waals surface area contributed by atoms with E-state index in [9.17, 15) is 10.4 Å². The first-order valence-electron chi connectivity index (χ1n) is 10.6. The number of methoxy groups -OCH3 is 2. The lowest BCUT2D eigenvalue weighted by Crippen LogP contribution is -2.37. The number of nitriles is 1. The van der Waals surface area contributed by atoms with E-state index in [0.717, 1.165) is 5.56 Å². The minimum atomic E-state index is 0.0438. The number of hydrazone groups is 1. The largest absolute Gasteiger partial charge is 0.504 e. The Labute approximate surface area is 197 Å². The minimum absolute atomic E-state index is 0.0438. The van der Waals surface area contributed by atoms with Crippen LogP contribution in [0.25, 0.3) is 11.3 Å². The Morgan fingerprint density at radius 1 is 1.12 bits per heavy atom. The van der Waals surface area contributed by atoms with Crippen LogP contribution in [0.2, 0.25) is 0 Å². The van der Waals surface area contributed by atoms with E-state index in [2.05, 4.69) is 26.6 Å². The summed E-state index contributed by atoms with van der Waals surface area (Å²) in [7, 11) is 3.08. The van der Waals surface area contributed by atoms with Gasteiger partial charge in [0.05, 0.1) is 39.3 Å². The quantitative estimate of drug-likeness (QED) is 0.404. The lowest BCUT2D eigenvalue weighted by Gasteiger charge is -2.29. The number of phenols is 1. The van der Waals surface area contributed by atoms with E-state index in [0.29, 0.717) is 60.4 Å². The number of rotatable bonds is 7. The predicted octanol–water partition coefficient (Wildman–Crippen LogP) is 3.02. The Kier molecular flexibility index (Phi) is 7.05. The van der Waals surface area contributed by atoms with Crippen LogP contribution < -0.4 is 19.8 Å². The van der Waals surface area contributed by atoms with Gasteiger partial charge in [0.15, 0.2) is 17.3 Å². The third kappa shape index (κ3) is 5.00. The van der Waals surface area contributed by atoms with E-state index in [-0.39, 0.29) is 11.7 Å². The number of nitrogens with one attached hydrogen (secondary N) is 1. The van der Waals surface area contributed by atoms with Crippen molar-refractivity contribution in [2.75, 3.05) is 50.8 Å². The summed E-state index contributed by atoms with van der Waals surface area (Å²) in [4.78, 5) is 11.2. The summed E-state index contributed by atoms with van der Waals surface area (Å²) in [5.74, 6) is 1.86. The minimum Gasteiger partial charge on any atom is -0.504 e. The Hall–Kier alpha value is -4.36. The second-order valence-electron chi connectivity index (χ2n) is 7.34. The molecule has 0 aliphatic carbocycles. The number of ether oxygens (including phenoxy) is 3. The maximum Gasteiger partial charge on any atom is 0.246 e. The Morgan fingerprint density at radius 3 is 2.56 bits per heavy atom. The van der Waals surface area contributed by atoms with Crippen molar-refractivity contribution in [1.29, 1.82) is 5.26 Å². The lowest BCUT2D eigenvalue weighted by atomic mass is 10.1. The number of phenolic OH excluding ortho intramolecular Hbond substituents is 1. The van der Waals surface area contributed by atoms with Crippen molar-refractivity contribution >= 4 is 18.0 Å². The molecule has 1 aromatic heterocycles. The van der Waals surface area contributed by atoms with Crippen molar-refractivity contribution in [3.8, 4) is 34.6 Å². The molecule has 0 atom stereocenters. The molecule has 1 saturated heterocycles. The molecule has 0 bridgehead atoms. The fourth-order valence-electron chi connectivity index (χ4n) is 3.50. The molecule has 2 aromatic carbocycles. The van der Waals surface area contributed by atoms with Gasteiger partial charge in [0, 0.05) is 18.7 Å². The molecule has 1 fully saturated rings. The molecule has 0 unspecified atom stereocenters. The number of hydrogen-bond donors (Lipinski definition) is 2. The molecule has 34 heavy (non-hydrogen) atoms. The maximum absolute atomic E-state index is 9.98. The van der Waals surface area contributed by atoms with Crippen LogP contribution in [0.3, 0.4) is 0 Å². The molecule has 1 aliphatic heterocycles. The van der Waals surface area contributed by atoms with Gasteiger partial charge in [-0.1, -0.05) is 0 Å². The number of morpholine rings is 1. The van der Waals surface area contributed by atoms with Gasteiger partial charge in [0.1, 0.15) is 17.4 Å². The van der Waals surface area contributed by atoms with Crippen LogP contribution in [0, 0.1) is 11.3 Å². The number of benzene rings is 2. The molecule has 174 valence electrons. The number of aromatic hydroxyl groups is 1. The molecule has 2 N–H and O–H groups in total. The van der Waals surface area contributed by atoms with Crippen LogP contribution in [-0.2, 0) is 4.74 Å². The molecule has 1 aliphatic rings. The molecular weight excluding hydrogens is 436 g/mol. The van der Waals surface area contributed by atoms with E-state index in [1.54, 1.807) is 25.5 Å². The van der Waals surface area contributed by atoms with Crippen LogP contribution in [0.15, 0.2) is 47.6 Å². The smallest absolute Gasteiger partial charge is 0.246 e. The van der Waals surface area contributed by atoms with Crippen LogP contribution in [0.1, 0.15) is 11.1 Å². The zero-order valence-corrected chi connectivity index (χ0v) is 18.9. The Morgan fingerprint density at radius 2 is 1.88 bits per heavy atom. The summed E-state index contributed by atoms with van der Waals surface area (Å²) in [6.07, 6.45) is 1.56. The summed E-state index contributed by atoms with van der Waals surface area (Å²) >= 11 is 0. The first kappa shape index (κ1) is 22.8. The first-order valence-corrected chi connectivity index (χ1v) is 10.6.